The van der Waals surface area contributed by atoms with Crippen molar-refractivity contribution >= 4 is 17.4 Å². The van der Waals surface area contributed by atoms with Gasteiger partial charge in [-0.15, -0.1) is 0 Å². The number of aromatic nitrogens is 2. The molecule has 0 radical (unpaired) electrons. The molecular weight excluding hydrogens is 368 g/mol. The maximum Gasteiger partial charge on any atom is 0.275 e. The van der Waals surface area contributed by atoms with Crippen LogP contribution in [0.1, 0.15) is 29.9 Å². The Kier molecular flexibility index (Phi) is 6.63. The van der Waals surface area contributed by atoms with E-state index < -0.39 is 0 Å². The van der Waals surface area contributed by atoms with Crippen LogP contribution in [0.25, 0.3) is 0 Å². The average Bonchev–Trinajstić information content (AvgIpc) is 2.74. The topological polar surface area (TPSA) is 85.4 Å². The third-order valence-corrected chi connectivity index (χ3v) is 4.02. The third kappa shape index (κ3) is 5.68. The van der Waals surface area contributed by atoms with Gasteiger partial charge in [0, 0.05) is 6.54 Å². The van der Waals surface area contributed by atoms with Gasteiger partial charge in [0.1, 0.15) is 23.0 Å². The van der Waals surface area contributed by atoms with Crippen LogP contribution in [0.2, 0.25) is 0 Å². The molecule has 0 saturated carbocycles. The first-order valence-corrected chi connectivity index (χ1v) is 9.31. The molecule has 29 heavy (non-hydrogen) atoms. The fourth-order valence-electron chi connectivity index (χ4n) is 2.59. The Bertz CT molecular complexity index is 941. The highest BCUT2D eigenvalue weighted by molar-refractivity contribution is 6.03. The van der Waals surface area contributed by atoms with E-state index in [1.165, 1.54) is 12.4 Å². The molecule has 7 nitrogen and oxygen atoms in total. The van der Waals surface area contributed by atoms with E-state index in [2.05, 4.69) is 20.6 Å². The molecule has 0 atom stereocenters. The van der Waals surface area contributed by atoms with Crippen molar-refractivity contribution in [3.8, 4) is 11.5 Å². The maximum atomic E-state index is 12.5. The van der Waals surface area contributed by atoms with Crippen molar-refractivity contribution < 1.29 is 14.3 Å². The third-order valence-electron chi connectivity index (χ3n) is 4.02. The Morgan fingerprint density at radius 3 is 2.45 bits per heavy atom. The Balaban J connectivity index is 1.60. The summed E-state index contributed by atoms with van der Waals surface area (Å²) < 4.78 is 10.9. The lowest BCUT2D eigenvalue weighted by Gasteiger charge is -2.14. The number of para-hydroxylation sites is 2. The molecule has 1 amide bonds. The van der Waals surface area contributed by atoms with Crippen molar-refractivity contribution in [2.45, 2.75) is 26.5 Å². The fourth-order valence-corrected chi connectivity index (χ4v) is 2.59. The molecule has 0 aliphatic heterocycles. The van der Waals surface area contributed by atoms with Crippen LogP contribution < -0.4 is 20.1 Å². The van der Waals surface area contributed by atoms with Crippen LogP contribution in [0.4, 0.5) is 11.5 Å². The van der Waals surface area contributed by atoms with Crippen LogP contribution >= 0.6 is 0 Å². The zero-order valence-electron chi connectivity index (χ0n) is 16.7. The molecule has 0 unspecified atom stereocenters. The predicted molar refractivity (Wildman–Crippen MR) is 113 cm³/mol. The van der Waals surface area contributed by atoms with Crippen LogP contribution in [0.15, 0.2) is 60.9 Å². The van der Waals surface area contributed by atoms with Gasteiger partial charge >= 0.3 is 0 Å². The number of ether oxygens (including phenoxy) is 2. The summed E-state index contributed by atoms with van der Waals surface area (Å²) in [5.41, 5.74) is 1.89. The lowest BCUT2D eigenvalue weighted by atomic mass is 10.2. The van der Waals surface area contributed by atoms with Crippen molar-refractivity contribution in [3.05, 3.63) is 72.2 Å². The molecule has 0 aliphatic rings. The minimum Gasteiger partial charge on any atom is -0.497 e. The molecule has 0 aliphatic carbocycles. The van der Waals surface area contributed by atoms with Gasteiger partial charge in [0.2, 0.25) is 0 Å². The molecule has 0 bridgehead atoms. The van der Waals surface area contributed by atoms with Gasteiger partial charge < -0.3 is 20.1 Å². The molecule has 0 spiro atoms. The summed E-state index contributed by atoms with van der Waals surface area (Å²) in [6, 6.07) is 15.0. The molecule has 0 fully saturated rings. The molecule has 3 aromatic rings. The first-order chi connectivity index (χ1) is 14.0. The van der Waals surface area contributed by atoms with Gasteiger partial charge in [-0.25, -0.2) is 9.97 Å². The SMILES string of the molecule is COc1ccc(CNc2cnc(C(=O)Nc3ccccc3OC(C)C)cn2)cc1. The number of anilines is 2. The van der Waals surface area contributed by atoms with Gasteiger partial charge in [-0.3, -0.25) is 4.79 Å². The van der Waals surface area contributed by atoms with E-state index in [0.29, 0.717) is 23.8 Å². The monoisotopic (exact) mass is 392 g/mol. The zero-order chi connectivity index (χ0) is 20.6. The highest BCUT2D eigenvalue weighted by Crippen LogP contribution is 2.25. The van der Waals surface area contributed by atoms with E-state index in [-0.39, 0.29) is 17.7 Å². The summed E-state index contributed by atoms with van der Waals surface area (Å²) in [5.74, 6) is 1.66. The first kappa shape index (κ1) is 20.1. The molecular formula is C22H24N4O3. The predicted octanol–water partition coefficient (Wildman–Crippen LogP) is 4.14. The van der Waals surface area contributed by atoms with Crippen LogP contribution in [0.5, 0.6) is 11.5 Å². The maximum absolute atomic E-state index is 12.5. The summed E-state index contributed by atoms with van der Waals surface area (Å²) in [6.45, 7) is 4.45. The Hall–Kier alpha value is -3.61. The second-order valence-corrected chi connectivity index (χ2v) is 6.61. The minimum absolute atomic E-state index is 0.00361. The minimum atomic E-state index is -0.348. The summed E-state index contributed by atoms with van der Waals surface area (Å²) >= 11 is 0. The number of rotatable bonds is 8. The lowest BCUT2D eigenvalue weighted by molar-refractivity contribution is 0.102. The number of carbonyl (C=O) groups is 1. The van der Waals surface area contributed by atoms with Gasteiger partial charge in [-0.05, 0) is 43.7 Å². The van der Waals surface area contributed by atoms with E-state index in [9.17, 15) is 4.79 Å². The molecule has 1 aromatic heterocycles. The number of benzene rings is 2. The van der Waals surface area contributed by atoms with Crippen LogP contribution in [0, 0.1) is 0 Å². The van der Waals surface area contributed by atoms with Crippen molar-refractivity contribution in [2.75, 3.05) is 17.7 Å². The Morgan fingerprint density at radius 1 is 1.03 bits per heavy atom. The Morgan fingerprint density at radius 2 is 1.79 bits per heavy atom. The summed E-state index contributed by atoms with van der Waals surface area (Å²) in [6.07, 6.45) is 2.98. The van der Waals surface area contributed by atoms with Crippen LogP contribution in [-0.4, -0.2) is 29.1 Å². The van der Waals surface area contributed by atoms with Gasteiger partial charge in [-0.1, -0.05) is 24.3 Å². The summed E-state index contributed by atoms with van der Waals surface area (Å²) in [4.78, 5) is 21.0. The number of hydrogen-bond donors (Lipinski definition) is 2. The second kappa shape index (κ2) is 9.54. The van der Waals surface area contributed by atoms with E-state index >= 15 is 0 Å². The molecule has 150 valence electrons. The standard InChI is InChI=1S/C22H24N4O3/c1-15(2)29-20-7-5-4-6-18(20)26-22(27)19-13-25-21(14-23-19)24-12-16-8-10-17(28-3)11-9-16/h4-11,13-15H,12H2,1-3H3,(H,24,25)(H,26,27). The van der Waals surface area contributed by atoms with Crippen molar-refractivity contribution in [3.63, 3.8) is 0 Å². The summed E-state index contributed by atoms with van der Waals surface area (Å²) in [5, 5.41) is 6.00. The van der Waals surface area contributed by atoms with Crippen molar-refractivity contribution in [1.29, 1.82) is 0 Å². The molecule has 3 rings (SSSR count). The average molecular weight is 392 g/mol. The highest BCUT2D eigenvalue weighted by atomic mass is 16.5. The van der Waals surface area contributed by atoms with Crippen molar-refractivity contribution in [2.24, 2.45) is 0 Å². The number of methoxy groups -OCH3 is 1. The van der Waals surface area contributed by atoms with Gasteiger partial charge in [-0.2, -0.15) is 0 Å². The zero-order valence-corrected chi connectivity index (χ0v) is 16.7. The van der Waals surface area contributed by atoms with E-state index in [1.54, 1.807) is 13.2 Å². The number of hydrogen-bond acceptors (Lipinski definition) is 6. The molecule has 2 aromatic carbocycles. The van der Waals surface area contributed by atoms with Gasteiger partial charge in [0.25, 0.3) is 5.91 Å². The second-order valence-electron chi connectivity index (χ2n) is 6.61. The van der Waals surface area contributed by atoms with Crippen LogP contribution in [-0.2, 0) is 6.54 Å². The van der Waals surface area contributed by atoms with Gasteiger partial charge in [0.05, 0.1) is 31.3 Å². The molecule has 7 heteroatoms. The van der Waals surface area contributed by atoms with Crippen LogP contribution in [0.3, 0.4) is 0 Å². The molecule has 0 saturated heterocycles. The number of nitrogens with zero attached hydrogens (tertiary/aromatic N) is 2. The highest BCUT2D eigenvalue weighted by Gasteiger charge is 2.12. The number of nitrogens with one attached hydrogen (secondary N) is 2. The molecule has 2 N–H and O–H groups in total. The molecule has 1 heterocycles. The quantitative estimate of drug-likeness (QED) is 0.599. The fraction of sp³-hybridized carbons (Fsp3) is 0.227. The first-order valence-electron chi connectivity index (χ1n) is 9.31. The normalized spacial score (nSPS) is 10.5. The van der Waals surface area contributed by atoms with E-state index in [1.807, 2.05) is 56.3 Å². The largest absolute Gasteiger partial charge is 0.497 e. The van der Waals surface area contributed by atoms with Crippen molar-refractivity contribution in [1.82, 2.24) is 9.97 Å². The smallest absolute Gasteiger partial charge is 0.275 e. The Labute approximate surface area is 170 Å². The van der Waals surface area contributed by atoms with E-state index in [4.69, 9.17) is 9.47 Å². The van der Waals surface area contributed by atoms with Gasteiger partial charge in [0.15, 0.2) is 0 Å². The van der Waals surface area contributed by atoms with E-state index in [0.717, 1.165) is 11.3 Å². The number of amides is 1. The number of carbonyl (C=O) groups excluding carboxylic acids is 1. The summed E-state index contributed by atoms with van der Waals surface area (Å²) in [7, 11) is 1.64. The lowest BCUT2D eigenvalue weighted by Crippen LogP contribution is -2.16.